The number of hydrogen-bond donors (Lipinski definition) is 2. The van der Waals surface area contributed by atoms with Crippen molar-refractivity contribution >= 4 is 24.3 Å². The summed E-state index contributed by atoms with van der Waals surface area (Å²) in [5, 5.41) is 0. The van der Waals surface area contributed by atoms with Gasteiger partial charge in [0.05, 0.1) is 0 Å². The summed E-state index contributed by atoms with van der Waals surface area (Å²) in [4.78, 5) is 11.7. The summed E-state index contributed by atoms with van der Waals surface area (Å²) in [5.74, 6) is 0.767. The minimum absolute atomic E-state index is 0. The van der Waals surface area contributed by atoms with Crippen LogP contribution >= 0.6 is 12.4 Å². The molecule has 0 saturated carbocycles. The fourth-order valence-electron chi connectivity index (χ4n) is 1.13. The van der Waals surface area contributed by atoms with Crippen LogP contribution in [-0.4, -0.2) is 15.0 Å². The fourth-order valence-corrected chi connectivity index (χ4v) is 1.13. The molecule has 1 aromatic carbocycles. The van der Waals surface area contributed by atoms with Gasteiger partial charge in [0.15, 0.2) is 5.82 Å². The van der Waals surface area contributed by atoms with Gasteiger partial charge in [-0.1, -0.05) is 30.3 Å². The van der Waals surface area contributed by atoms with Gasteiger partial charge in [0, 0.05) is 5.56 Å². The van der Waals surface area contributed by atoms with Gasteiger partial charge in [0.25, 0.3) is 0 Å². The maximum atomic E-state index is 5.45. The molecule has 4 N–H and O–H groups in total. The Morgan fingerprint density at radius 1 is 0.800 bits per heavy atom. The first-order chi connectivity index (χ1) is 6.75. The summed E-state index contributed by atoms with van der Waals surface area (Å²) in [5.41, 5.74) is 11.8. The lowest BCUT2D eigenvalue weighted by atomic mass is 10.2. The summed E-state index contributed by atoms with van der Waals surface area (Å²) in [6, 6.07) is 9.47. The quantitative estimate of drug-likeness (QED) is 0.756. The van der Waals surface area contributed by atoms with Crippen LogP contribution in [0.5, 0.6) is 0 Å². The molecule has 5 nitrogen and oxygen atoms in total. The fraction of sp³-hybridized carbons (Fsp3) is 0. The van der Waals surface area contributed by atoms with Crippen LogP contribution in [0.25, 0.3) is 11.4 Å². The highest BCUT2D eigenvalue weighted by atomic mass is 35.5. The van der Waals surface area contributed by atoms with Gasteiger partial charge in [0.2, 0.25) is 11.9 Å². The summed E-state index contributed by atoms with van der Waals surface area (Å²) in [6.45, 7) is 0. The number of halogens is 1. The third-order valence-electron chi connectivity index (χ3n) is 1.70. The standard InChI is InChI=1S/C9H9N5.ClH/c10-8-12-7(13-9(11)14-8)6-4-2-1-3-5-6;/h1-5H,(H4,10,11,12,13,14);1H. The van der Waals surface area contributed by atoms with Gasteiger partial charge >= 0.3 is 0 Å². The predicted octanol–water partition coefficient (Wildman–Crippen LogP) is 1.12. The number of nitrogens with zero attached hydrogens (tertiary/aromatic N) is 3. The van der Waals surface area contributed by atoms with E-state index in [1.807, 2.05) is 30.3 Å². The largest absolute Gasteiger partial charge is 0.368 e. The molecule has 0 atom stereocenters. The van der Waals surface area contributed by atoms with E-state index in [1.165, 1.54) is 0 Å². The van der Waals surface area contributed by atoms with Crippen molar-refractivity contribution in [3.63, 3.8) is 0 Å². The second kappa shape index (κ2) is 4.56. The normalized spacial score (nSPS) is 9.33. The molecule has 15 heavy (non-hydrogen) atoms. The minimum Gasteiger partial charge on any atom is -0.368 e. The maximum absolute atomic E-state index is 5.45. The molecule has 0 unspecified atom stereocenters. The van der Waals surface area contributed by atoms with Gasteiger partial charge in [0.1, 0.15) is 0 Å². The number of hydrogen-bond acceptors (Lipinski definition) is 5. The second-order valence-electron chi connectivity index (χ2n) is 2.74. The summed E-state index contributed by atoms with van der Waals surface area (Å²) in [7, 11) is 0. The molecule has 0 fully saturated rings. The summed E-state index contributed by atoms with van der Waals surface area (Å²) >= 11 is 0. The van der Waals surface area contributed by atoms with Crippen molar-refractivity contribution in [2.45, 2.75) is 0 Å². The number of nitrogen functional groups attached to an aromatic ring is 2. The van der Waals surface area contributed by atoms with Gasteiger partial charge in [-0.15, -0.1) is 12.4 Å². The first-order valence-electron chi connectivity index (χ1n) is 4.08. The van der Waals surface area contributed by atoms with Crippen LogP contribution in [-0.2, 0) is 0 Å². The zero-order chi connectivity index (χ0) is 9.97. The van der Waals surface area contributed by atoms with Crippen molar-refractivity contribution < 1.29 is 0 Å². The molecule has 0 spiro atoms. The van der Waals surface area contributed by atoms with Crippen LogP contribution < -0.4 is 11.5 Å². The first-order valence-corrected chi connectivity index (χ1v) is 4.08. The van der Waals surface area contributed by atoms with Crippen LogP contribution in [0, 0.1) is 0 Å². The molecule has 0 radical (unpaired) electrons. The molecule has 6 heteroatoms. The number of anilines is 2. The van der Waals surface area contributed by atoms with Crippen molar-refractivity contribution in [2.24, 2.45) is 0 Å². The van der Waals surface area contributed by atoms with Gasteiger partial charge in [-0.3, -0.25) is 0 Å². The molecule has 0 saturated heterocycles. The lowest BCUT2D eigenvalue weighted by Gasteiger charge is -2.00. The van der Waals surface area contributed by atoms with Crippen LogP contribution in [0.3, 0.4) is 0 Å². The minimum atomic E-state index is 0. The van der Waals surface area contributed by atoms with Crippen LogP contribution in [0.15, 0.2) is 30.3 Å². The van der Waals surface area contributed by atoms with E-state index >= 15 is 0 Å². The van der Waals surface area contributed by atoms with Crippen molar-refractivity contribution in [1.29, 1.82) is 0 Å². The monoisotopic (exact) mass is 223 g/mol. The Balaban J connectivity index is 0.00000112. The number of nitrogens with two attached hydrogens (primary N) is 2. The lowest BCUT2D eigenvalue weighted by Crippen LogP contribution is -2.04. The zero-order valence-electron chi connectivity index (χ0n) is 7.79. The number of rotatable bonds is 1. The molecule has 1 aromatic heterocycles. The predicted molar refractivity (Wildman–Crippen MR) is 61.3 cm³/mol. The molecule has 1 heterocycles. The molecular formula is C9H10ClN5. The Morgan fingerprint density at radius 3 is 1.87 bits per heavy atom. The van der Waals surface area contributed by atoms with Gasteiger partial charge in [-0.2, -0.15) is 15.0 Å². The Labute approximate surface area is 93.0 Å². The lowest BCUT2D eigenvalue weighted by molar-refractivity contribution is 1.09. The summed E-state index contributed by atoms with van der Waals surface area (Å²) in [6.07, 6.45) is 0. The molecule has 0 aliphatic rings. The van der Waals surface area contributed by atoms with E-state index in [-0.39, 0.29) is 24.3 Å². The van der Waals surface area contributed by atoms with E-state index in [9.17, 15) is 0 Å². The smallest absolute Gasteiger partial charge is 0.225 e. The van der Waals surface area contributed by atoms with Gasteiger partial charge in [-0.05, 0) is 0 Å². The van der Waals surface area contributed by atoms with Crippen LogP contribution in [0.1, 0.15) is 0 Å². The Bertz CT molecular complexity index is 425. The van der Waals surface area contributed by atoms with E-state index in [4.69, 9.17) is 11.5 Å². The Hall–Kier alpha value is -1.88. The highest BCUT2D eigenvalue weighted by Gasteiger charge is 2.03. The molecule has 2 rings (SSSR count). The molecule has 0 amide bonds. The van der Waals surface area contributed by atoms with Crippen molar-refractivity contribution in [3.8, 4) is 11.4 Å². The molecule has 78 valence electrons. The van der Waals surface area contributed by atoms with Crippen molar-refractivity contribution in [2.75, 3.05) is 11.5 Å². The van der Waals surface area contributed by atoms with E-state index in [2.05, 4.69) is 15.0 Å². The molecule has 0 bridgehead atoms. The van der Waals surface area contributed by atoms with Crippen molar-refractivity contribution in [1.82, 2.24) is 15.0 Å². The van der Waals surface area contributed by atoms with E-state index in [1.54, 1.807) is 0 Å². The average molecular weight is 224 g/mol. The average Bonchev–Trinajstić information content (AvgIpc) is 2.18. The molecule has 2 aromatic rings. The molecule has 0 aliphatic carbocycles. The van der Waals surface area contributed by atoms with Gasteiger partial charge < -0.3 is 11.5 Å². The third-order valence-corrected chi connectivity index (χ3v) is 1.70. The third kappa shape index (κ3) is 2.54. The zero-order valence-corrected chi connectivity index (χ0v) is 8.61. The Kier molecular flexibility index (Phi) is 3.41. The summed E-state index contributed by atoms with van der Waals surface area (Å²) < 4.78 is 0. The van der Waals surface area contributed by atoms with E-state index in [0.29, 0.717) is 5.82 Å². The number of benzene rings is 1. The molecule has 0 aliphatic heterocycles. The van der Waals surface area contributed by atoms with E-state index < -0.39 is 0 Å². The SMILES string of the molecule is Cl.Nc1nc(N)nc(-c2ccccc2)n1. The Morgan fingerprint density at radius 2 is 1.33 bits per heavy atom. The van der Waals surface area contributed by atoms with Crippen LogP contribution in [0.4, 0.5) is 11.9 Å². The van der Waals surface area contributed by atoms with Crippen LogP contribution in [0.2, 0.25) is 0 Å². The number of aromatic nitrogens is 3. The first kappa shape index (κ1) is 11.2. The highest BCUT2D eigenvalue weighted by molar-refractivity contribution is 5.85. The van der Waals surface area contributed by atoms with Crippen molar-refractivity contribution in [3.05, 3.63) is 30.3 Å². The topological polar surface area (TPSA) is 90.7 Å². The van der Waals surface area contributed by atoms with E-state index in [0.717, 1.165) is 5.56 Å². The maximum Gasteiger partial charge on any atom is 0.225 e. The van der Waals surface area contributed by atoms with Gasteiger partial charge in [-0.25, -0.2) is 0 Å². The second-order valence-corrected chi connectivity index (χ2v) is 2.74. The highest BCUT2D eigenvalue weighted by Crippen LogP contribution is 2.14. The molecular weight excluding hydrogens is 214 g/mol.